The van der Waals surface area contributed by atoms with E-state index in [9.17, 15) is 9.59 Å². The van der Waals surface area contributed by atoms with Crippen LogP contribution in [0.3, 0.4) is 0 Å². The van der Waals surface area contributed by atoms with Crippen LogP contribution in [0, 0.1) is 5.92 Å². The zero-order valence-corrected chi connectivity index (χ0v) is 9.85. The summed E-state index contributed by atoms with van der Waals surface area (Å²) in [4.78, 5) is 22.9. The highest BCUT2D eigenvalue weighted by atomic mass is 16.3. The number of hydrogen-bond acceptors (Lipinski definition) is 4. The first-order chi connectivity index (χ1) is 8.06. The van der Waals surface area contributed by atoms with Gasteiger partial charge < -0.3 is 10.4 Å². The van der Waals surface area contributed by atoms with E-state index in [0.29, 0.717) is 31.0 Å². The first-order valence-electron chi connectivity index (χ1n) is 5.86. The lowest BCUT2D eigenvalue weighted by Crippen LogP contribution is -2.42. The molecule has 0 radical (unpaired) electrons. The van der Waals surface area contributed by atoms with Gasteiger partial charge in [0.15, 0.2) is 0 Å². The molecule has 2 rings (SSSR count). The molecule has 0 unspecified atom stereocenters. The maximum absolute atomic E-state index is 11.7. The third-order valence-corrected chi connectivity index (χ3v) is 3.23. The summed E-state index contributed by atoms with van der Waals surface area (Å²) in [6.07, 6.45) is 2.05. The summed E-state index contributed by atoms with van der Waals surface area (Å²) < 4.78 is 0. The van der Waals surface area contributed by atoms with Gasteiger partial charge in [-0.2, -0.15) is 5.10 Å². The van der Waals surface area contributed by atoms with Crippen molar-refractivity contribution in [1.82, 2.24) is 10.3 Å². The number of hydrogen-bond donors (Lipinski definition) is 2. The fourth-order valence-corrected chi connectivity index (χ4v) is 2.04. The fourth-order valence-electron chi connectivity index (χ4n) is 2.04. The van der Waals surface area contributed by atoms with Crippen molar-refractivity contribution in [2.45, 2.75) is 31.8 Å². The van der Waals surface area contributed by atoms with E-state index in [1.54, 1.807) is 7.05 Å². The third-order valence-electron chi connectivity index (χ3n) is 3.23. The van der Waals surface area contributed by atoms with E-state index in [-0.39, 0.29) is 17.9 Å². The zero-order valence-electron chi connectivity index (χ0n) is 9.85. The van der Waals surface area contributed by atoms with Gasteiger partial charge in [-0.1, -0.05) is 0 Å². The Bertz CT molecular complexity index is 361. The lowest BCUT2D eigenvalue weighted by Gasteiger charge is -2.31. The van der Waals surface area contributed by atoms with Gasteiger partial charge in [0.1, 0.15) is 5.71 Å². The molecule has 1 saturated carbocycles. The maximum atomic E-state index is 11.7. The van der Waals surface area contributed by atoms with E-state index in [0.717, 1.165) is 12.8 Å². The van der Waals surface area contributed by atoms with Gasteiger partial charge in [-0.15, -0.1) is 0 Å². The molecule has 6 nitrogen and oxygen atoms in total. The van der Waals surface area contributed by atoms with Crippen molar-refractivity contribution in [2.24, 2.45) is 11.0 Å². The number of hydrazone groups is 1. The third kappa shape index (κ3) is 2.82. The van der Waals surface area contributed by atoms with Gasteiger partial charge in [0.2, 0.25) is 5.91 Å². The Labute approximate surface area is 99.7 Å². The quantitative estimate of drug-likeness (QED) is 0.695. The highest BCUT2D eigenvalue weighted by Crippen LogP contribution is 2.26. The van der Waals surface area contributed by atoms with Crippen LogP contribution in [0.2, 0.25) is 0 Å². The lowest BCUT2D eigenvalue weighted by atomic mass is 9.82. The Morgan fingerprint density at radius 1 is 1.53 bits per heavy atom. The van der Waals surface area contributed by atoms with E-state index >= 15 is 0 Å². The van der Waals surface area contributed by atoms with Crippen molar-refractivity contribution < 1.29 is 14.7 Å². The molecule has 0 atom stereocenters. The molecule has 0 saturated heterocycles. The Morgan fingerprint density at radius 3 is 2.82 bits per heavy atom. The zero-order chi connectivity index (χ0) is 12.4. The molecule has 6 heteroatoms. The Kier molecular flexibility index (Phi) is 3.42. The average Bonchev–Trinajstić information content (AvgIpc) is 2.26. The van der Waals surface area contributed by atoms with E-state index in [1.165, 1.54) is 5.01 Å². The van der Waals surface area contributed by atoms with Gasteiger partial charge in [0.25, 0.3) is 5.91 Å². The fraction of sp³-hybridized carbons (Fsp3) is 0.727. The van der Waals surface area contributed by atoms with Crippen LogP contribution in [-0.4, -0.2) is 47.3 Å². The average molecular weight is 239 g/mol. The molecule has 17 heavy (non-hydrogen) atoms. The van der Waals surface area contributed by atoms with Crippen LogP contribution in [0.5, 0.6) is 0 Å². The first-order valence-corrected chi connectivity index (χ1v) is 5.86. The molecule has 0 spiro atoms. The minimum atomic E-state index is -0.203. The van der Waals surface area contributed by atoms with Gasteiger partial charge in [0.05, 0.1) is 6.10 Å². The summed E-state index contributed by atoms with van der Waals surface area (Å²) in [5.74, 6) is 0.104. The number of amides is 2. The molecule has 0 bridgehead atoms. The summed E-state index contributed by atoms with van der Waals surface area (Å²) in [6, 6.07) is 0. The second kappa shape index (κ2) is 4.83. The van der Waals surface area contributed by atoms with Gasteiger partial charge in [0, 0.05) is 26.4 Å². The standard InChI is InChI=1S/C11H17N3O3/c1-14-10(16)3-2-9(13-14)11(17)12-6-7-4-8(15)5-7/h7-8,15H,2-6H2,1H3,(H,12,17). The molecule has 0 aromatic carbocycles. The maximum Gasteiger partial charge on any atom is 0.267 e. The molecule has 2 aliphatic rings. The summed E-state index contributed by atoms with van der Waals surface area (Å²) in [5.41, 5.74) is 0.409. The number of rotatable bonds is 3. The van der Waals surface area contributed by atoms with Gasteiger partial charge in [-0.05, 0) is 18.8 Å². The molecule has 2 amide bonds. The molecular weight excluding hydrogens is 222 g/mol. The van der Waals surface area contributed by atoms with Crippen LogP contribution in [-0.2, 0) is 9.59 Å². The van der Waals surface area contributed by atoms with Crippen LogP contribution < -0.4 is 5.32 Å². The Balaban J connectivity index is 1.80. The molecule has 1 heterocycles. The molecule has 0 aromatic rings. The van der Waals surface area contributed by atoms with Crippen molar-refractivity contribution in [2.75, 3.05) is 13.6 Å². The normalized spacial score (nSPS) is 28.5. The van der Waals surface area contributed by atoms with Gasteiger partial charge in [-0.3, -0.25) is 9.59 Å². The van der Waals surface area contributed by atoms with Crippen LogP contribution in [0.1, 0.15) is 25.7 Å². The highest BCUT2D eigenvalue weighted by molar-refractivity contribution is 6.39. The molecular formula is C11H17N3O3. The minimum absolute atomic E-state index is 0.0661. The van der Waals surface area contributed by atoms with Crippen LogP contribution >= 0.6 is 0 Å². The van der Waals surface area contributed by atoms with Crippen molar-refractivity contribution in [3.05, 3.63) is 0 Å². The molecule has 2 N–H and O–H groups in total. The summed E-state index contributed by atoms with van der Waals surface area (Å²) in [6.45, 7) is 0.576. The summed E-state index contributed by atoms with van der Waals surface area (Å²) in [7, 11) is 1.55. The number of carbonyl (C=O) groups is 2. The number of aliphatic hydroxyl groups excluding tert-OH is 1. The first kappa shape index (κ1) is 12.0. The topological polar surface area (TPSA) is 82.0 Å². The number of nitrogens with one attached hydrogen (secondary N) is 1. The van der Waals surface area contributed by atoms with Crippen molar-refractivity contribution >= 4 is 17.5 Å². The largest absolute Gasteiger partial charge is 0.393 e. The summed E-state index contributed by atoms with van der Waals surface area (Å²) in [5, 5.41) is 17.1. The predicted octanol–water partition coefficient (Wildman–Crippen LogP) is -0.518. The Hall–Kier alpha value is -1.43. The molecule has 94 valence electrons. The highest BCUT2D eigenvalue weighted by Gasteiger charge is 2.28. The van der Waals surface area contributed by atoms with E-state index in [2.05, 4.69) is 10.4 Å². The number of aliphatic hydroxyl groups is 1. The SMILES string of the molecule is CN1N=C(C(=O)NCC2CC(O)C2)CCC1=O. The monoisotopic (exact) mass is 239 g/mol. The predicted molar refractivity (Wildman–Crippen MR) is 61.2 cm³/mol. The van der Waals surface area contributed by atoms with E-state index < -0.39 is 0 Å². The lowest BCUT2D eigenvalue weighted by molar-refractivity contribution is -0.130. The minimum Gasteiger partial charge on any atom is -0.393 e. The molecule has 0 aromatic heterocycles. The van der Waals surface area contributed by atoms with Gasteiger partial charge in [-0.25, -0.2) is 5.01 Å². The second-order valence-corrected chi connectivity index (χ2v) is 4.67. The molecule has 1 fully saturated rings. The van der Waals surface area contributed by atoms with E-state index in [4.69, 9.17) is 5.11 Å². The summed E-state index contributed by atoms with van der Waals surface area (Å²) >= 11 is 0. The molecule has 1 aliphatic carbocycles. The van der Waals surface area contributed by atoms with Crippen molar-refractivity contribution in [3.63, 3.8) is 0 Å². The van der Waals surface area contributed by atoms with Crippen LogP contribution in [0.15, 0.2) is 5.10 Å². The second-order valence-electron chi connectivity index (χ2n) is 4.67. The van der Waals surface area contributed by atoms with E-state index in [1.807, 2.05) is 0 Å². The number of carbonyl (C=O) groups excluding carboxylic acids is 2. The van der Waals surface area contributed by atoms with Crippen molar-refractivity contribution in [1.29, 1.82) is 0 Å². The van der Waals surface area contributed by atoms with Crippen LogP contribution in [0.4, 0.5) is 0 Å². The Morgan fingerprint density at radius 2 is 2.24 bits per heavy atom. The smallest absolute Gasteiger partial charge is 0.267 e. The number of nitrogens with zero attached hydrogens (tertiary/aromatic N) is 2. The molecule has 1 aliphatic heterocycles. The van der Waals surface area contributed by atoms with Crippen molar-refractivity contribution in [3.8, 4) is 0 Å². The van der Waals surface area contributed by atoms with Crippen LogP contribution in [0.25, 0.3) is 0 Å². The van der Waals surface area contributed by atoms with Gasteiger partial charge >= 0.3 is 0 Å².